The van der Waals surface area contributed by atoms with Crippen LogP contribution in [0.4, 0.5) is 17.1 Å². The number of morpholine rings is 1. The van der Waals surface area contributed by atoms with Gasteiger partial charge in [-0.3, -0.25) is 19.8 Å². The first-order valence-electron chi connectivity index (χ1n) is 23.7. The molecule has 5 aliphatic rings. The number of pyridine rings is 1. The second-order valence-corrected chi connectivity index (χ2v) is 22.1. The minimum Gasteiger partial charge on any atom is -0.489 e. The van der Waals surface area contributed by atoms with Crippen LogP contribution < -0.4 is 24.4 Å². The third-order valence-electron chi connectivity index (χ3n) is 15.2. The number of anilines is 2. The highest BCUT2D eigenvalue weighted by molar-refractivity contribution is 7.90. The van der Waals surface area contributed by atoms with Gasteiger partial charge in [0, 0.05) is 61.1 Å². The van der Waals surface area contributed by atoms with Gasteiger partial charge in [-0.25, -0.2) is 18.1 Å². The number of ether oxygens (including phenoxy) is 3. The van der Waals surface area contributed by atoms with Gasteiger partial charge >= 0.3 is 0 Å². The quantitative estimate of drug-likeness (QED) is 0.0722. The molecule has 4 N–H and O–H groups in total. The number of aliphatic hydroxyl groups is 1. The average Bonchev–Trinajstić information content (AvgIpc) is 3.69. The van der Waals surface area contributed by atoms with Crippen LogP contribution in [0.1, 0.15) is 106 Å². The van der Waals surface area contributed by atoms with Gasteiger partial charge in [0.2, 0.25) is 0 Å². The first-order chi connectivity index (χ1) is 32.6. The molecule has 0 bridgehead atoms. The van der Waals surface area contributed by atoms with E-state index in [4.69, 9.17) is 25.8 Å². The normalized spacial score (nSPS) is 24.2. The molecule has 0 unspecified atom stereocenters. The zero-order valence-electron chi connectivity index (χ0n) is 38.5. The van der Waals surface area contributed by atoms with E-state index in [-0.39, 0.29) is 58.5 Å². The fourth-order valence-corrected chi connectivity index (χ4v) is 12.5. The second kappa shape index (κ2) is 18.1. The van der Waals surface area contributed by atoms with Crippen LogP contribution in [0, 0.1) is 21.4 Å². The monoisotopic (exact) mass is 967 g/mol. The number of hydrogen-bond donors (Lipinski definition) is 4. The Kier molecular flexibility index (Phi) is 12.3. The number of nitro benzene ring substituents is 1. The number of piperidine rings is 1. The summed E-state index contributed by atoms with van der Waals surface area (Å²) in [6.45, 7) is 10.4. The van der Waals surface area contributed by atoms with Crippen LogP contribution in [0.2, 0.25) is 5.02 Å². The van der Waals surface area contributed by atoms with Gasteiger partial charge in [0.25, 0.3) is 21.6 Å². The van der Waals surface area contributed by atoms with Crippen LogP contribution in [0.5, 0.6) is 17.2 Å². The molecule has 16 nitrogen and oxygen atoms in total. The predicted octanol–water partition coefficient (Wildman–Crippen LogP) is 9.10. The summed E-state index contributed by atoms with van der Waals surface area (Å²) in [6.07, 6.45) is 9.95. The lowest BCUT2D eigenvalue weighted by atomic mass is 9.59. The molecule has 5 aromatic rings. The molecule has 2 aliphatic carbocycles. The molecule has 1 amide bonds. The lowest BCUT2D eigenvalue weighted by Gasteiger charge is -2.57. The molecule has 68 heavy (non-hydrogen) atoms. The number of sulfonamides is 1. The van der Waals surface area contributed by atoms with Crippen molar-refractivity contribution >= 4 is 55.6 Å². The third kappa shape index (κ3) is 9.10. The minimum absolute atomic E-state index is 0.01000. The first kappa shape index (κ1) is 46.3. The second-order valence-electron chi connectivity index (χ2n) is 20.1. The Morgan fingerprint density at radius 1 is 1.04 bits per heavy atom. The molecule has 2 saturated heterocycles. The van der Waals surface area contributed by atoms with Gasteiger partial charge in [-0.05, 0) is 105 Å². The highest BCUT2D eigenvalue weighted by Crippen LogP contribution is 2.53. The third-order valence-corrected chi connectivity index (χ3v) is 16.9. The summed E-state index contributed by atoms with van der Waals surface area (Å²) < 4.78 is 48.5. The number of benzene rings is 3. The molecule has 360 valence electrons. The number of aromatic amines is 1. The zero-order valence-corrected chi connectivity index (χ0v) is 40.1. The molecule has 4 fully saturated rings. The molecule has 1 spiro atoms. The minimum atomic E-state index is -4.69. The van der Waals surface area contributed by atoms with E-state index in [0.29, 0.717) is 60.3 Å². The van der Waals surface area contributed by atoms with E-state index in [1.807, 2.05) is 0 Å². The molecule has 3 aliphatic heterocycles. The van der Waals surface area contributed by atoms with Crippen molar-refractivity contribution in [3.05, 3.63) is 105 Å². The molecule has 18 heteroatoms. The number of nitro groups is 1. The number of amides is 1. The van der Waals surface area contributed by atoms with Gasteiger partial charge in [0.15, 0.2) is 11.4 Å². The largest absolute Gasteiger partial charge is 0.489 e. The van der Waals surface area contributed by atoms with E-state index in [1.165, 1.54) is 29.5 Å². The van der Waals surface area contributed by atoms with Gasteiger partial charge in [0.05, 0.1) is 57.5 Å². The van der Waals surface area contributed by atoms with E-state index in [9.17, 15) is 28.4 Å². The number of aromatic nitrogens is 2. The van der Waals surface area contributed by atoms with Gasteiger partial charge in [-0.1, -0.05) is 49.7 Å². The predicted molar refractivity (Wildman–Crippen MR) is 259 cm³/mol. The van der Waals surface area contributed by atoms with Crippen LogP contribution in [0.25, 0.3) is 11.0 Å². The van der Waals surface area contributed by atoms with Crippen molar-refractivity contribution in [1.29, 1.82) is 0 Å². The maximum Gasteiger partial charge on any atom is 0.297 e. The molecule has 2 saturated carbocycles. The molecule has 2 aromatic heterocycles. The maximum atomic E-state index is 14.2. The molecule has 5 heterocycles. The van der Waals surface area contributed by atoms with Crippen molar-refractivity contribution in [2.24, 2.45) is 11.3 Å². The van der Waals surface area contributed by atoms with Gasteiger partial charge in [0.1, 0.15) is 23.8 Å². The smallest absolute Gasteiger partial charge is 0.297 e. The Morgan fingerprint density at radius 3 is 2.56 bits per heavy atom. The van der Waals surface area contributed by atoms with Crippen molar-refractivity contribution in [2.75, 3.05) is 49.7 Å². The summed E-state index contributed by atoms with van der Waals surface area (Å²) in [7, 11) is -4.69. The molecular weight excluding hydrogens is 910 g/mol. The van der Waals surface area contributed by atoms with Gasteiger partial charge in [-0.2, -0.15) is 0 Å². The highest BCUT2D eigenvalue weighted by atomic mass is 35.5. The van der Waals surface area contributed by atoms with Crippen molar-refractivity contribution in [2.45, 2.75) is 107 Å². The summed E-state index contributed by atoms with van der Waals surface area (Å²) in [6, 6.07) is 18.1. The molecule has 3 aromatic carbocycles. The number of carbonyl (C=O) groups is 1. The van der Waals surface area contributed by atoms with Crippen LogP contribution in [-0.4, -0.2) is 96.4 Å². The Labute approximate surface area is 400 Å². The number of carbonyl (C=O) groups excluding carboxylic acids is 1. The first-order valence-corrected chi connectivity index (χ1v) is 25.5. The van der Waals surface area contributed by atoms with E-state index in [0.717, 1.165) is 63.7 Å². The number of H-pyrrole nitrogens is 1. The van der Waals surface area contributed by atoms with Crippen molar-refractivity contribution in [1.82, 2.24) is 19.6 Å². The van der Waals surface area contributed by atoms with Crippen molar-refractivity contribution in [3.8, 4) is 17.2 Å². The molecule has 10 rings (SSSR count). The number of nitrogens with one attached hydrogen (secondary N) is 3. The van der Waals surface area contributed by atoms with Crippen LogP contribution >= 0.6 is 11.6 Å². The number of halogens is 1. The average molecular weight is 969 g/mol. The van der Waals surface area contributed by atoms with Crippen LogP contribution in [0.15, 0.2) is 78.0 Å². The number of rotatable bonds is 11. The van der Waals surface area contributed by atoms with Crippen molar-refractivity contribution < 1.29 is 37.5 Å². The Morgan fingerprint density at radius 2 is 1.81 bits per heavy atom. The number of nitrogens with zero attached hydrogens (tertiary/aromatic N) is 4. The van der Waals surface area contributed by atoms with E-state index >= 15 is 0 Å². The summed E-state index contributed by atoms with van der Waals surface area (Å²) in [5.74, 6) is -0.121. The Balaban J connectivity index is 0.864. The lowest BCUT2D eigenvalue weighted by Crippen LogP contribution is -2.58. The number of hydrogen-bond acceptors (Lipinski definition) is 13. The van der Waals surface area contributed by atoms with Crippen molar-refractivity contribution in [3.63, 3.8) is 0 Å². The summed E-state index contributed by atoms with van der Waals surface area (Å²) in [5.41, 5.74) is 3.08. The van der Waals surface area contributed by atoms with Gasteiger partial charge in [-0.15, -0.1) is 0 Å². The fraction of sp³-hybridized carbons (Fsp3) is 0.480. The van der Waals surface area contributed by atoms with E-state index in [1.54, 1.807) is 31.3 Å². The zero-order chi connectivity index (χ0) is 47.5. The number of fused-ring (bicyclic) bond motifs is 2. The van der Waals surface area contributed by atoms with E-state index < -0.39 is 37.0 Å². The summed E-state index contributed by atoms with van der Waals surface area (Å²) in [4.78, 5) is 37.8. The van der Waals surface area contributed by atoms with Gasteiger partial charge < -0.3 is 34.5 Å². The van der Waals surface area contributed by atoms with E-state index in [2.05, 4.69) is 67.9 Å². The highest BCUT2D eigenvalue weighted by Gasteiger charge is 2.50. The summed E-state index contributed by atoms with van der Waals surface area (Å²) >= 11 is 6.42. The standard InChI is InChI=1S/C50H58ClN7O9S/c1-30(2)36-6-4-5-7-37(36)43-29-65-19-18-57(43)33-24-50(25-33)14-16-56(17-15-50)32-8-9-38(44(20-32)67-34-21-39-40(51)27-53-47(39)52-26-34)48(59)55-68(63,64)35-22-42(58(61)62)46-45(23-35)66-28-41(54-46)31-10-12-49(3,60)13-11-31/h4-9,20-23,26-27,30-31,33,41,43,54,60H,10-19,24-25,28-29H2,1-3H3,(H,52,53)(H,55,59)/t31?,41-,43+,49?/m1/s1. The lowest BCUT2D eigenvalue weighted by molar-refractivity contribution is -0.384. The Hall–Kier alpha value is -5.46. The maximum absolute atomic E-state index is 14.2. The SMILES string of the molecule is CC(C)c1ccccc1[C@@H]1COCCN1C1CC2(CCN(c3ccc(C(=O)NS(=O)(=O)c4cc5c(c([N+](=O)[O-])c4)N[C@@H](C4CCC(C)(O)CC4)CO5)c(Oc4cnc5[nH]cc(Cl)c5c4)c3)CC2)C1. The summed E-state index contributed by atoms with van der Waals surface area (Å²) in [5, 5.41) is 27.1. The topological polar surface area (TPSA) is 201 Å². The van der Waals surface area contributed by atoms with Crippen LogP contribution in [0.3, 0.4) is 0 Å². The van der Waals surface area contributed by atoms with Crippen LogP contribution in [-0.2, 0) is 14.8 Å². The fourth-order valence-electron chi connectivity index (χ4n) is 11.3. The molecular formula is C50H58ClN7O9S. The Bertz CT molecular complexity index is 2850. The molecule has 0 radical (unpaired) electrons. The molecule has 2 atom stereocenters.